The molecule has 2 aromatic carbocycles. The van der Waals surface area contributed by atoms with Crippen molar-refractivity contribution in [3.63, 3.8) is 0 Å². The number of halogens is 1. The van der Waals surface area contributed by atoms with Crippen LogP contribution in [-0.4, -0.2) is 18.6 Å². The van der Waals surface area contributed by atoms with Crippen molar-refractivity contribution in [2.45, 2.75) is 13.0 Å². The second-order valence-corrected chi connectivity index (χ2v) is 7.36. The van der Waals surface area contributed by atoms with Crippen molar-refractivity contribution in [2.24, 2.45) is 0 Å². The highest BCUT2D eigenvalue weighted by atomic mass is 32.1. The van der Waals surface area contributed by atoms with Crippen LogP contribution < -0.4 is 10.1 Å². The van der Waals surface area contributed by atoms with Crippen LogP contribution in [0.2, 0.25) is 0 Å². The van der Waals surface area contributed by atoms with Gasteiger partial charge >= 0.3 is 0 Å². The molecule has 4 rings (SSSR count). The van der Waals surface area contributed by atoms with E-state index in [9.17, 15) is 4.39 Å². The van der Waals surface area contributed by atoms with Gasteiger partial charge < -0.3 is 10.1 Å². The molecule has 142 valence electrons. The molecule has 0 amide bonds. The molecule has 2 heterocycles. The van der Waals surface area contributed by atoms with E-state index in [0.717, 1.165) is 40.9 Å². The highest BCUT2D eigenvalue weighted by Gasteiger charge is 2.11. The molecule has 0 saturated carbocycles. The van der Waals surface area contributed by atoms with Crippen molar-refractivity contribution in [3.05, 3.63) is 82.3 Å². The first-order chi connectivity index (χ1) is 13.7. The zero-order valence-electron chi connectivity index (χ0n) is 15.6. The average Bonchev–Trinajstić information content (AvgIpc) is 3.25. The molecule has 0 spiro atoms. The smallest absolute Gasteiger partial charge is 0.125 e. The molecular formula is C23H21FN2OS. The van der Waals surface area contributed by atoms with Gasteiger partial charge in [-0.1, -0.05) is 18.2 Å². The van der Waals surface area contributed by atoms with Gasteiger partial charge in [-0.25, -0.2) is 9.37 Å². The Balaban J connectivity index is 1.54. The third-order valence-electron chi connectivity index (χ3n) is 4.73. The molecule has 1 N–H and O–H groups in total. The fourth-order valence-electron chi connectivity index (χ4n) is 3.32. The topological polar surface area (TPSA) is 34.1 Å². The average molecular weight is 392 g/mol. The molecule has 0 aliphatic carbocycles. The van der Waals surface area contributed by atoms with Gasteiger partial charge in [-0.3, -0.25) is 0 Å². The van der Waals surface area contributed by atoms with Gasteiger partial charge in [0.2, 0.25) is 0 Å². The summed E-state index contributed by atoms with van der Waals surface area (Å²) >= 11 is 1.63. The Morgan fingerprint density at radius 2 is 1.96 bits per heavy atom. The summed E-state index contributed by atoms with van der Waals surface area (Å²) in [6, 6.07) is 17.0. The first-order valence-corrected chi connectivity index (χ1v) is 10.1. The molecule has 0 saturated heterocycles. The second kappa shape index (κ2) is 8.50. The monoisotopic (exact) mass is 392 g/mol. The van der Waals surface area contributed by atoms with Gasteiger partial charge in [0, 0.05) is 28.9 Å². The minimum atomic E-state index is -0.265. The zero-order valence-corrected chi connectivity index (χ0v) is 16.4. The lowest BCUT2D eigenvalue weighted by molar-refractivity contribution is 0.409. The highest BCUT2D eigenvalue weighted by molar-refractivity contribution is 7.08. The van der Waals surface area contributed by atoms with E-state index < -0.39 is 0 Å². The molecule has 5 heteroatoms. The Bertz CT molecular complexity index is 1080. The number of ether oxygens (including phenoxy) is 1. The van der Waals surface area contributed by atoms with E-state index in [2.05, 4.69) is 28.9 Å². The first kappa shape index (κ1) is 18.6. The number of thiophene rings is 1. The standard InChI is InChI=1S/C23H21FN2OS/c1-27-22-5-3-2-4-16(22)8-10-25-14-19-12-17-6-7-20(24)13-21(17)26-23(19)18-9-11-28-15-18/h2-7,9,11-13,15,25H,8,10,14H2,1H3. The number of nitrogens with one attached hydrogen (secondary N) is 1. The molecule has 3 nitrogen and oxygen atoms in total. The minimum absolute atomic E-state index is 0.265. The first-order valence-electron chi connectivity index (χ1n) is 9.19. The number of para-hydroxylation sites is 1. The number of pyridine rings is 1. The number of rotatable bonds is 7. The summed E-state index contributed by atoms with van der Waals surface area (Å²) in [5.41, 5.74) is 4.95. The van der Waals surface area contributed by atoms with Gasteiger partial charge in [-0.15, -0.1) is 0 Å². The van der Waals surface area contributed by atoms with Crippen LogP contribution >= 0.6 is 11.3 Å². The Kier molecular flexibility index (Phi) is 5.65. The Morgan fingerprint density at radius 3 is 2.79 bits per heavy atom. The van der Waals surface area contributed by atoms with Gasteiger partial charge in [0.1, 0.15) is 11.6 Å². The van der Waals surface area contributed by atoms with E-state index in [1.165, 1.54) is 17.7 Å². The molecule has 2 aromatic heterocycles. The SMILES string of the molecule is COc1ccccc1CCNCc1cc2ccc(F)cc2nc1-c1ccsc1. The molecule has 0 aliphatic heterocycles. The number of hydrogen-bond donors (Lipinski definition) is 1. The van der Waals surface area contributed by atoms with Crippen LogP contribution in [0.5, 0.6) is 5.75 Å². The van der Waals surface area contributed by atoms with Crippen molar-refractivity contribution in [1.29, 1.82) is 0 Å². The summed E-state index contributed by atoms with van der Waals surface area (Å²) in [6.07, 6.45) is 0.879. The maximum atomic E-state index is 13.6. The van der Waals surface area contributed by atoms with E-state index in [1.807, 2.05) is 23.6 Å². The molecule has 4 aromatic rings. The van der Waals surface area contributed by atoms with Crippen LogP contribution in [0.15, 0.2) is 65.4 Å². The molecular weight excluding hydrogens is 371 g/mol. The minimum Gasteiger partial charge on any atom is -0.496 e. The summed E-state index contributed by atoms with van der Waals surface area (Å²) in [4.78, 5) is 4.75. The maximum Gasteiger partial charge on any atom is 0.125 e. The van der Waals surface area contributed by atoms with Gasteiger partial charge in [-0.05, 0) is 59.8 Å². The van der Waals surface area contributed by atoms with Crippen LogP contribution in [0.1, 0.15) is 11.1 Å². The van der Waals surface area contributed by atoms with E-state index in [4.69, 9.17) is 9.72 Å². The Labute approximate surface area is 167 Å². The summed E-state index contributed by atoms with van der Waals surface area (Å²) in [5, 5.41) is 8.57. The molecule has 0 atom stereocenters. The third-order valence-corrected chi connectivity index (χ3v) is 5.42. The van der Waals surface area contributed by atoms with E-state index in [-0.39, 0.29) is 5.82 Å². The zero-order chi connectivity index (χ0) is 19.3. The fourth-order valence-corrected chi connectivity index (χ4v) is 3.96. The largest absolute Gasteiger partial charge is 0.496 e. The number of methoxy groups -OCH3 is 1. The van der Waals surface area contributed by atoms with E-state index in [0.29, 0.717) is 12.1 Å². The fraction of sp³-hybridized carbons (Fsp3) is 0.174. The molecule has 28 heavy (non-hydrogen) atoms. The molecule has 0 fully saturated rings. The number of benzene rings is 2. The molecule has 0 unspecified atom stereocenters. The van der Waals surface area contributed by atoms with Crippen molar-refractivity contribution < 1.29 is 9.13 Å². The lowest BCUT2D eigenvalue weighted by atomic mass is 10.0. The summed E-state index contributed by atoms with van der Waals surface area (Å²) in [5.74, 6) is 0.650. The van der Waals surface area contributed by atoms with Crippen LogP contribution in [0, 0.1) is 5.82 Å². The van der Waals surface area contributed by atoms with Crippen molar-refractivity contribution in [2.75, 3.05) is 13.7 Å². The van der Waals surface area contributed by atoms with Crippen molar-refractivity contribution >= 4 is 22.2 Å². The van der Waals surface area contributed by atoms with Gasteiger partial charge in [0.15, 0.2) is 0 Å². The summed E-state index contributed by atoms with van der Waals surface area (Å²) < 4.78 is 19.0. The number of aromatic nitrogens is 1. The molecule has 0 radical (unpaired) electrons. The highest BCUT2D eigenvalue weighted by Crippen LogP contribution is 2.28. The predicted molar refractivity (Wildman–Crippen MR) is 113 cm³/mol. The van der Waals surface area contributed by atoms with Crippen molar-refractivity contribution in [1.82, 2.24) is 10.3 Å². The summed E-state index contributed by atoms with van der Waals surface area (Å²) in [6.45, 7) is 1.52. The van der Waals surface area contributed by atoms with Crippen LogP contribution in [0.4, 0.5) is 4.39 Å². The lowest BCUT2D eigenvalue weighted by Crippen LogP contribution is -2.17. The predicted octanol–water partition coefficient (Wildman–Crippen LogP) is 5.44. The number of fused-ring (bicyclic) bond motifs is 1. The third kappa shape index (κ3) is 4.06. The van der Waals surface area contributed by atoms with Gasteiger partial charge in [0.05, 0.1) is 18.3 Å². The van der Waals surface area contributed by atoms with Gasteiger partial charge in [0.25, 0.3) is 0 Å². The number of hydrogen-bond acceptors (Lipinski definition) is 4. The maximum absolute atomic E-state index is 13.6. The lowest BCUT2D eigenvalue weighted by Gasteiger charge is -2.12. The second-order valence-electron chi connectivity index (χ2n) is 6.58. The normalized spacial score (nSPS) is 11.1. The van der Waals surface area contributed by atoms with Crippen LogP contribution in [-0.2, 0) is 13.0 Å². The Morgan fingerprint density at radius 1 is 1.07 bits per heavy atom. The number of nitrogens with zero attached hydrogens (tertiary/aromatic N) is 1. The van der Waals surface area contributed by atoms with E-state index >= 15 is 0 Å². The quantitative estimate of drug-likeness (QED) is 0.425. The van der Waals surface area contributed by atoms with Crippen molar-refractivity contribution in [3.8, 4) is 17.0 Å². The Hall–Kier alpha value is -2.76. The molecule has 0 aliphatic rings. The summed E-state index contributed by atoms with van der Waals surface area (Å²) in [7, 11) is 1.70. The van der Waals surface area contributed by atoms with E-state index in [1.54, 1.807) is 24.5 Å². The van der Waals surface area contributed by atoms with Crippen LogP contribution in [0.25, 0.3) is 22.2 Å². The van der Waals surface area contributed by atoms with Gasteiger partial charge in [-0.2, -0.15) is 11.3 Å². The van der Waals surface area contributed by atoms with Crippen LogP contribution in [0.3, 0.4) is 0 Å². The molecule has 0 bridgehead atoms.